The maximum absolute atomic E-state index is 11.9. The molecule has 152 valence electrons. The van der Waals surface area contributed by atoms with E-state index in [-0.39, 0.29) is 12.3 Å². The molecule has 8 heteroatoms. The first-order chi connectivity index (χ1) is 14.0. The SMILES string of the molecule is CCOC(=O)/C=C(\C=C\c1ccc(OC)c(OC)c1)Sc1ccc([N+](=O)[O-])cc1. The average Bonchev–Trinajstić information content (AvgIpc) is 2.72. The summed E-state index contributed by atoms with van der Waals surface area (Å²) >= 11 is 1.30. The van der Waals surface area contributed by atoms with Crippen LogP contribution >= 0.6 is 11.8 Å². The van der Waals surface area contributed by atoms with Gasteiger partial charge in [-0.25, -0.2) is 4.79 Å². The summed E-state index contributed by atoms with van der Waals surface area (Å²) in [5.74, 6) is 0.745. The number of carbonyl (C=O) groups excluding carboxylic acids is 1. The van der Waals surface area contributed by atoms with E-state index in [0.717, 1.165) is 10.5 Å². The van der Waals surface area contributed by atoms with E-state index < -0.39 is 10.9 Å². The summed E-state index contributed by atoms with van der Waals surface area (Å²) in [5.41, 5.74) is 0.854. The minimum atomic E-state index is -0.464. The highest BCUT2D eigenvalue weighted by molar-refractivity contribution is 8.03. The van der Waals surface area contributed by atoms with Crippen LogP contribution in [0.1, 0.15) is 12.5 Å². The van der Waals surface area contributed by atoms with Crippen molar-refractivity contribution in [3.8, 4) is 11.5 Å². The molecule has 0 atom stereocenters. The highest BCUT2D eigenvalue weighted by atomic mass is 32.2. The molecule has 2 aromatic rings. The van der Waals surface area contributed by atoms with Gasteiger partial charge in [-0.05, 0) is 42.8 Å². The number of esters is 1. The van der Waals surface area contributed by atoms with Crippen LogP contribution in [0.5, 0.6) is 11.5 Å². The van der Waals surface area contributed by atoms with Gasteiger partial charge < -0.3 is 14.2 Å². The van der Waals surface area contributed by atoms with E-state index in [9.17, 15) is 14.9 Å². The van der Waals surface area contributed by atoms with Crippen LogP contribution in [0, 0.1) is 10.1 Å². The van der Waals surface area contributed by atoms with Gasteiger partial charge in [0.15, 0.2) is 11.5 Å². The largest absolute Gasteiger partial charge is 0.493 e. The van der Waals surface area contributed by atoms with E-state index in [0.29, 0.717) is 16.4 Å². The van der Waals surface area contributed by atoms with Crippen molar-refractivity contribution in [3.63, 3.8) is 0 Å². The Labute approximate surface area is 173 Å². The second kappa shape index (κ2) is 10.9. The lowest BCUT2D eigenvalue weighted by Gasteiger charge is -2.08. The van der Waals surface area contributed by atoms with E-state index in [1.54, 1.807) is 45.4 Å². The van der Waals surface area contributed by atoms with Crippen LogP contribution in [0.4, 0.5) is 5.69 Å². The Hall–Kier alpha value is -3.26. The number of non-ortho nitro benzene ring substituents is 1. The highest BCUT2D eigenvalue weighted by Crippen LogP contribution is 2.31. The summed E-state index contributed by atoms with van der Waals surface area (Å²) in [6.07, 6.45) is 4.97. The quantitative estimate of drug-likeness (QED) is 0.144. The van der Waals surface area contributed by atoms with Gasteiger partial charge in [-0.2, -0.15) is 0 Å². The second-order valence-electron chi connectivity index (χ2n) is 5.60. The molecule has 0 spiro atoms. The molecule has 0 amide bonds. The van der Waals surface area contributed by atoms with Crippen molar-refractivity contribution in [2.45, 2.75) is 11.8 Å². The molecule has 0 aliphatic rings. The van der Waals surface area contributed by atoms with Gasteiger partial charge in [0.2, 0.25) is 0 Å². The van der Waals surface area contributed by atoms with Crippen LogP contribution in [0.3, 0.4) is 0 Å². The summed E-state index contributed by atoms with van der Waals surface area (Å²) in [6.45, 7) is 2.00. The fourth-order valence-corrected chi connectivity index (χ4v) is 3.15. The monoisotopic (exact) mass is 415 g/mol. The third-order valence-corrected chi connectivity index (χ3v) is 4.68. The molecule has 0 bridgehead atoms. The van der Waals surface area contributed by atoms with Gasteiger partial charge in [0.25, 0.3) is 5.69 Å². The minimum Gasteiger partial charge on any atom is -0.493 e. The molecule has 0 aliphatic heterocycles. The van der Waals surface area contributed by atoms with E-state index in [1.165, 1.54) is 30.0 Å². The lowest BCUT2D eigenvalue weighted by atomic mass is 10.2. The molecular formula is C21H21NO6S. The van der Waals surface area contributed by atoms with Crippen LogP contribution in [0.2, 0.25) is 0 Å². The molecular weight excluding hydrogens is 394 g/mol. The summed E-state index contributed by atoms with van der Waals surface area (Å²) in [4.78, 5) is 23.6. The van der Waals surface area contributed by atoms with Crippen molar-refractivity contribution in [1.29, 1.82) is 0 Å². The smallest absolute Gasteiger partial charge is 0.331 e. The molecule has 0 fully saturated rings. The van der Waals surface area contributed by atoms with Crippen molar-refractivity contribution >= 4 is 29.5 Å². The Kier molecular flexibility index (Phi) is 8.29. The molecule has 0 heterocycles. The van der Waals surface area contributed by atoms with Crippen molar-refractivity contribution in [1.82, 2.24) is 0 Å². The Bertz CT molecular complexity index is 921. The fraction of sp³-hybridized carbons (Fsp3) is 0.190. The number of methoxy groups -OCH3 is 2. The zero-order valence-corrected chi connectivity index (χ0v) is 17.1. The number of carbonyl (C=O) groups is 1. The van der Waals surface area contributed by atoms with Crippen LogP contribution in [-0.4, -0.2) is 31.7 Å². The highest BCUT2D eigenvalue weighted by Gasteiger charge is 2.08. The fourth-order valence-electron chi connectivity index (χ4n) is 2.32. The number of hydrogen-bond donors (Lipinski definition) is 0. The number of benzene rings is 2. The zero-order chi connectivity index (χ0) is 21.2. The van der Waals surface area contributed by atoms with Gasteiger partial charge in [0.1, 0.15) is 0 Å². The summed E-state index contributed by atoms with van der Waals surface area (Å²) < 4.78 is 15.5. The molecule has 7 nitrogen and oxygen atoms in total. The maximum Gasteiger partial charge on any atom is 0.331 e. The van der Waals surface area contributed by atoms with Crippen LogP contribution in [0.15, 0.2) is 64.4 Å². The first kappa shape index (κ1) is 22.0. The van der Waals surface area contributed by atoms with Gasteiger partial charge in [-0.15, -0.1) is 0 Å². The molecule has 0 unspecified atom stereocenters. The third kappa shape index (κ3) is 6.69. The van der Waals surface area contributed by atoms with Gasteiger partial charge in [-0.1, -0.05) is 23.9 Å². The molecule has 0 N–H and O–H groups in total. The summed E-state index contributed by atoms with van der Waals surface area (Å²) in [5, 5.41) is 10.8. The van der Waals surface area contributed by atoms with E-state index in [2.05, 4.69) is 0 Å². The lowest BCUT2D eigenvalue weighted by molar-refractivity contribution is -0.384. The second-order valence-corrected chi connectivity index (χ2v) is 6.75. The molecule has 2 aromatic carbocycles. The predicted molar refractivity (Wildman–Crippen MR) is 112 cm³/mol. The van der Waals surface area contributed by atoms with Crippen molar-refractivity contribution in [2.24, 2.45) is 0 Å². The zero-order valence-electron chi connectivity index (χ0n) is 16.3. The minimum absolute atomic E-state index is 0.00569. The van der Waals surface area contributed by atoms with Gasteiger partial charge in [0.05, 0.1) is 25.7 Å². The topological polar surface area (TPSA) is 87.9 Å². The number of rotatable bonds is 9. The summed E-state index contributed by atoms with van der Waals surface area (Å²) in [6, 6.07) is 11.6. The van der Waals surface area contributed by atoms with Crippen LogP contribution in [-0.2, 0) is 9.53 Å². The van der Waals surface area contributed by atoms with Gasteiger partial charge in [0, 0.05) is 28.0 Å². The third-order valence-electron chi connectivity index (χ3n) is 3.68. The molecule has 0 aliphatic carbocycles. The molecule has 0 saturated carbocycles. The van der Waals surface area contributed by atoms with E-state index in [4.69, 9.17) is 14.2 Å². The number of nitrogens with zero attached hydrogens (tertiary/aromatic N) is 1. The van der Waals surface area contributed by atoms with Crippen molar-refractivity contribution in [3.05, 3.63) is 75.2 Å². The van der Waals surface area contributed by atoms with Gasteiger partial charge in [-0.3, -0.25) is 10.1 Å². The predicted octanol–water partition coefficient (Wildman–Crippen LogP) is 4.86. The Morgan fingerprint density at radius 3 is 2.38 bits per heavy atom. The number of nitro groups is 1. The number of ether oxygens (including phenoxy) is 3. The lowest BCUT2D eigenvalue weighted by Crippen LogP contribution is -1.99. The Morgan fingerprint density at radius 1 is 1.10 bits per heavy atom. The van der Waals surface area contributed by atoms with Crippen molar-refractivity contribution in [2.75, 3.05) is 20.8 Å². The average molecular weight is 415 g/mol. The number of thioether (sulfide) groups is 1. The first-order valence-electron chi connectivity index (χ1n) is 8.67. The molecule has 2 rings (SSSR count). The Morgan fingerprint density at radius 2 is 1.79 bits per heavy atom. The molecule has 0 saturated heterocycles. The maximum atomic E-state index is 11.9. The van der Waals surface area contributed by atoms with Crippen molar-refractivity contribution < 1.29 is 23.9 Å². The Balaban J connectivity index is 2.27. The number of nitro benzene ring substituents is 1. The van der Waals surface area contributed by atoms with E-state index in [1.807, 2.05) is 18.2 Å². The summed E-state index contributed by atoms with van der Waals surface area (Å²) in [7, 11) is 3.12. The molecule has 29 heavy (non-hydrogen) atoms. The van der Waals surface area contributed by atoms with E-state index >= 15 is 0 Å². The standard InChI is InChI=1S/C21H21NO6S/c1-4-28-21(23)14-18(29-17-10-7-16(8-11-17)22(24)25)9-5-15-6-12-19(26-2)20(13-15)27-3/h5-14H,4H2,1-3H3/b9-5+,18-14+. The molecule has 0 aromatic heterocycles. The van der Waals surface area contributed by atoms with Gasteiger partial charge >= 0.3 is 5.97 Å². The number of allylic oxidation sites excluding steroid dienone is 1. The first-order valence-corrected chi connectivity index (χ1v) is 9.49. The normalized spacial score (nSPS) is 11.3. The van der Waals surface area contributed by atoms with Crippen LogP contribution < -0.4 is 9.47 Å². The molecule has 0 radical (unpaired) electrons. The number of hydrogen-bond acceptors (Lipinski definition) is 7. The van der Waals surface area contributed by atoms with Crippen LogP contribution in [0.25, 0.3) is 6.08 Å².